The number of hydrazine groups is 1. The van der Waals surface area contributed by atoms with Crippen molar-refractivity contribution < 1.29 is 26.3 Å². The zero-order valence-corrected chi connectivity index (χ0v) is 17.3. The van der Waals surface area contributed by atoms with Crippen LogP contribution in [-0.4, -0.2) is 18.1 Å². The minimum atomic E-state index is -4.89. The van der Waals surface area contributed by atoms with Gasteiger partial charge in [0.1, 0.15) is 0 Å². The van der Waals surface area contributed by atoms with E-state index < -0.39 is 23.5 Å². The number of fused-ring (bicyclic) bond motifs is 1. The van der Waals surface area contributed by atoms with Crippen molar-refractivity contribution in [1.82, 2.24) is 5.01 Å². The van der Waals surface area contributed by atoms with Gasteiger partial charge in [-0.25, -0.2) is 5.01 Å². The van der Waals surface area contributed by atoms with Gasteiger partial charge < -0.3 is 5.01 Å². The zero-order chi connectivity index (χ0) is 23.8. The molecule has 0 amide bonds. The summed E-state index contributed by atoms with van der Waals surface area (Å²) in [7, 11) is 0. The van der Waals surface area contributed by atoms with Crippen LogP contribution in [0.15, 0.2) is 54.6 Å². The highest BCUT2D eigenvalue weighted by Crippen LogP contribution is 2.37. The van der Waals surface area contributed by atoms with Crippen molar-refractivity contribution in [3.05, 3.63) is 76.9 Å². The number of hydrogen-bond acceptors (Lipinski definition) is 3. The molecule has 0 aliphatic carbocycles. The van der Waals surface area contributed by atoms with Crippen LogP contribution in [0, 0.1) is 11.3 Å². The molecule has 1 fully saturated rings. The lowest BCUT2D eigenvalue weighted by molar-refractivity contribution is -0.143. The molecule has 0 bridgehead atoms. The normalized spacial score (nSPS) is 15.6. The SMILES string of the molecule is N#Cc1ccc(N2CCCCN2Cc2cc(C(F)(F)F)cc(C(F)(F)F)c2)c2ccccc12. The lowest BCUT2D eigenvalue weighted by Gasteiger charge is -2.41. The van der Waals surface area contributed by atoms with E-state index in [1.807, 2.05) is 29.3 Å². The first kappa shape index (κ1) is 22.9. The van der Waals surface area contributed by atoms with E-state index in [0.29, 0.717) is 18.7 Å². The molecule has 172 valence electrons. The van der Waals surface area contributed by atoms with E-state index in [4.69, 9.17) is 0 Å². The number of hydrogen-bond donors (Lipinski definition) is 0. The molecular formula is C24H19F6N3. The lowest BCUT2D eigenvalue weighted by atomic mass is 10.0. The molecule has 3 aromatic rings. The van der Waals surface area contributed by atoms with Crippen LogP contribution in [0.3, 0.4) is 0 Å². The number of anilines is 1. The minimum Gasteiger partial charge on any atom is -0.305 e. The molecule has 1 aliphatic rings. The minimum absolute atomic E-state index is 0.0676. The Labute approximate surface area is 186 Å². The highest BCUT2D eigenvalue weighted by molar-refractivity contribution is 5.97. The first-order valence-corrected chi connectivity index (χ1v) is 10.3. The monoisotopic (exact) mass is 463 g/mol. The van der Waals surface area contributed by atoms with Gasteiger partial charge in [0.05, 0.1) is 28.4 Å². The summed E-state index contributed by atoms with van der Waals surface area (Å²) < 4.78 is 79.7. The van der Waals surface area contributed by atoms with Crippen LogP contribution < -0.4 is 5.01 Å². The molecule has 0 spiro atoms. The number of nitrogens with zero attached hydrogens (tertiary/aromatic N) is 3. The third kappa shape index (κ3) is 4.76. The van der Waals surface area contributed by atoms with Crippen LogP contribution in [0.2, 0.25) is 0 Å². The van der Waals surface area contributed by atoms with Gasteiger partial charge in [-0.05, 0) is 48.7 Å². The number of nitriles is 1. The molecule has 1 saturated heterocycles. The summed E-state index contributed by atoms with van der Waals surface area (Å²) in [5, 5.41) is 14.6. The molecule has 33 heavy (non-hydrogen) atoms. The van der Waals surface area contributed by atoms with Gasteiger partial charge in [-0.1, -0.05) is 24.3 Å². The van der Waals surface area contributed by atoms with E-state index in [9.17, 15) is 31.6 Å². The maximum Gasteiger partial charge on any atom is 0.416 e. The largest absolute Gasteiger partial charge is 0.416 e. The van der Waals surface area contributed by atoms with Gasteiger partial charge in [0.2, 0.25) is 0 Å². The average molecular weight is 463 g/mol. The average Bonchev–Trinajstić information content (AvgIpc) is 2.77. The van der Waals surface area contributed by atoms with Gasteiger partial charge in [-0.2, -0.15) is 31.6 Å². The van der Waals surface area contributed by atoms with Crippen molar-refractivity contribution in [3.8, 4) is 6.07 Å². The second-order valence-electron chi connectivity index (χ2n) is 7.92. The lowest BCUT2D eigenvalue weighted by Crippen LogP contribution is -2.47. The molecule has 0 N–H and O–H groups in total. The second-order valence-corrected chi connectivity index (χ2v) is 7.92. The summed E-state index contributed by atoms with van der Waals surface area (Å²) in [5.41, 5.74) is -1.46. The molecule has 0 aromatic heterocycles. The molecule has 4 rings (SSSR count). The highest BCUT2D eigenvalue weighted by atomic mass is 19.4. The fourth-order valence-electron chi connectivity index (χ4n) is 4.18. The summed E-state index contributed by atoms with van der Waals surface area (Å²) in [6, 6.07) is 14.6. The Balaban J connectivity index is 1.75. The summed E-state index contributed by atoms with van der Waals surface area (Å²) in [6.45, 7) is 0.925. The Morgan fingerprint density at radius 1 is 0.788 bits per heavy atom. The Kier molecular flexibility index (Phi) is 5.97. The van der Waals surface area contributed by atoms with Crippen LogP contribution in [0.25, 0.3) is 10.8 Å². The van der Waals surface area contributed by atoms with Crippen molar-refractivity contribution in [3.63, 3.8) is 0 Å². The van der Waals surface area contributed by atoms with Crippen LogP contribution >= 0.6 is 0 Å². The highest BCUT2D eigenvalue weighted by Gasteiger charge is 2.37. The van der Waals surface area contributed by atoms with E-state index >= 15 is 0 Å². The summed E-state index contributed by atoms with van der Waals surface area (Å²) in [4.78, 5) is 0. The molecule has 1 heterocycles. The van der Waals surface area contributed by atoms with Gasteiger partial charge in [0, 0.05) is 30.4 Å². The molecular weight excluding hydrogens is 444 g/mol. The predicted octanol–water partition coefficient (Wildman–Crippen LogP) is 6.77. The number of halogens is 6. The molecule has 0 unspecified atom stereocenters. The van der Waals surface area contributed by atoms with Gasteiger partial charge in [-0.3, -0.25) is 0 Å². The Hall–Kier alpha value is -3.25. The van der Waals surface area contributed by atoms with Gasteiger partial charge >= 0.3 is 12.4 Å². The van der Waals surface area contributed by atoms with Crippen LogP contribution in [0.5, 0.6) is 0 Å². The maximum absolute atomic E-state index is 13.3. The van der Waals surface area contributed by atoms with Crippen molar-refractivity contribution >= 4 is 16.5 Å². The van der Waals surface area contributed by atoms with Crippen molar-refractivity contribution in [2.45, 2.75) is 31.7 Å². The molecule has 3 nitrogen and oxygen atoms in total. The fraction of sp³-hybridized carbons (Fsp3) is 0.292. The Morgan fingerprint density at radius 3 is 2.00 bits per heavy atom. The van der Waals surface area contributed by atoms with E-state index in [2.05, 4.69) is 6.07 Å². The number of alkyl halides is 6. The Morgan fingerprint density at radius 2 is 1.39 bits per heavy atom. The molecule has 1 aliphatic heterocycles. The van der Waals surface area contributed by atoms with Crippen LogP contribution in [-0.2, 0) is 18.9 Å². The summed E-state index contributed by atoms with van der Waals surface area (Å²) in [5.74, 6) is 0. The first-order valence-electron chi connectivity index (χ1n) is 10.3. The quantitative estimate of drug-likeness (QED) is 0.402. The van der Waals surface area contributed by atoms with E-state index in [0.717, 1.165) is 41.4 Å². The summed E-state index contributed by atoms with van der Waals surface area (Å²) in [6.07, 6.45) is -8.20. The smallest absolute Gasteiger partial charge is 0.305 e. The third-order valence-corrected chi connectivity index (χ3v) is 5.69. The van der Waals surface area contributed by atoms with Gasteiger partial charge in [0.15, 0.2) is 0 Å². The van der Waals surface area contributed by atoms with Crippen molar-refractivity contribution in [2.24, 2.45) is 0 Å². The van der Waals surface area contributed by atoms with Gasteiger partial charge in [0.25, 0.3) is 0 Å². The second kappa shape index (κ2) is 8.60. The van der Waals surface area contributed by atoms with E-state index in [1.165, 1.54) is 0 Å². The molecule has 9 heteroatoms. The fourth-order valence-corrected chi connectivity index (χ4v) is 4.18. The van der Waals surface area contributed by atoms with Crippen LogP contribution in [0.1, 0.15) is 35.1 Å². The standard InChI is InChI=1S/C24H19F6N3/c25-23(26,27)18-11-16(12-19(13-18)24(28,29)30)15-32-9-3-4-10-33(32)22-8-7-17(14-31)20-5-1-2-6-21(20)22/h1-2,5-8,11-13H,3-4,9-10,15H2. The Bertz CT molecular complexity index is 1180. The number of benzene rings is 3. The molecule has 0 saturated carbocycles. The van der Waals surface area contributed by atoms with E-state index in [-0.39, 0.29) is 18.2 Å². The van der Waals surface area contributed by atoms with Gasteiger partial charge in [-0.15, -0.1) is 0 Å². The topological polar surface area (TPSA) is 30.3 Å². The molecule has 0 atom stereocenters. The summed E-state index contributed by atoms with van der Waals surface area (Å²) >= 11 is 0. The number of rotatable bonds is 3. The van der Waals surface area contributed by atoms with E-state index in [1.54, 1.807) is 17.1 Å². The maximum atomic E-state index is 13.3. The molecule has 3 aromatic carbocycles. The van der Waals surface area contributed by atoms with Crippen molar-refractivity contribution in [1.29, 1.82) is 5.26 Å². The van der Waals surface area contributed by atoms with Crippen LogP contribution in [0.4, 0.5) is 32.0 Å². The zero-order valence-electron chi connectivity index (χ0n) is 17.3. The third-order valence-electron chi connectivity index (χ3n) is 5.69. The predicted molar refractivity (Wildman–Crippen MR) is 112 cm³/mol. The van der Waals surface area contributed by atoms with Crippen molar-refractivity contribution in [2.75, 3.05) is 18.1 Å². The first-order chi connectivity index (χ1) is 15.6. The molecule has 0 radical (unpaired) electrons.